The number of amides is 1. The van der Waals surface area contributed by atoms with Crippen LogP contribution in [-0.2, 0) is 4.79 Å². The number of hydrogen-bond donors (Lipinski definition) is 3. The van der Waals surface area contributed by atoms with E-state index in [0.717, 1.165) is 17.3 Å². The van der Waals surface area contributed by atoms with Crippen LogP contribution in [0.5, 0.6) is 0 Å². The van der Waals surface area contributed by atoms with Crippen molar-refractivity contribution in [3.8, 4) is 11.1 Å². The quantitative estimate of drug-likeness (QED) is 0.179. The summed E-state index contributed by atoms with van der Waals surface area (Å²) < 4.78 is 0. The Balaban J connectivity index is 1.84. The largest absolute Gasteiger partial charge is 0.480 e. The fourth-order valence-electron chi connectivity index (χ4n) is 3.23. The molecule has 0 spiro atoms. The molecule has 1 amide bonds. The molecular formula is C24H23N3O4S2. The van der Waals surface area contributed by atoms with Crippen LogP contribution in [0.15, 0.2) is 84.0 Å². The van der Waals surface area contributed by atoms with E-state index in [9.17, 15) is 19.5 Å². The molecule has 0 bridgehead atoms. The van der Waals surface area contributed by atoms with E-state index >= 15 is 0 Å². The number of aliphatic carboxylic acids is 1. The van der Waals surface area contributed by atoms with E-state index in [2.05, 4.69) is 10.3 Å². The highest BCUT2D eigenvalue weighted by Crippen LogP contribution is 2.29. The van der Waals surface area contributed by atoms with Crippen LogP contribution in [0.2, 0.25) is 0 Å². The topological polar surface area (TPSA) is 122 Å². The van der Waals surface area contributed by atoms with Crippen LogP contribution < -0.4 is 11.1 Å². The number of carboxylic acids is 1. The van der Waals surface area contributed by atoms with Crippen molar-refractivity contribution in [3.05, 3.63) is 84.7 Å². The molecule has 0 aliphatic rings. The molecule has 0 aliphatic heterocycles. The Bertz CT molecular complexity index is 1130. The fraction of sp³-hybridized carbons (Fsp3) is 0.167. The van der Waals surface area contributed by atoms with Crippen LogP contribution in [0.4, 0.5) is 4.79 Å². The Labute approximate surface area is 200 Å². The molecule has 0 radical (unpaired) electrons. The highest BCUT2D eigenvalue weighted by atomic mass is 32.2. The molecule has 4 N–H and O–H groups in total. The van der Waals surface area contributed by atoms with Crippen LogP contribution in [-0.4, -0.2) is 44.3 Å². The number of benzene rings is 2. The SMILES string of the molecule is CSC(CC(N)(C(=O)O)C(=O)c1ccccc1-c1ccccc1)NC(=O)Sc1cccnc1. The van der Waals surface area contributed by atoms with Crippen LogP contribution in [0, 0.1) is 0 Å². The number of hydrogen-bond acceptors (Lipinski definition) is 7. The molecule has 3 rings (SSSR count). The predicted octanol–water partition coefficient (Wildman–Crippen LogP) is 4.29. The number of carbonyl (C=O) groups is 3. The van der Waals surface area contributed by atoms with Gasteiger partial charge in [0.1, 0.15) is 0 Å². The molecule has 3 aromatic rings. The molecule has 9 heteroatoms. The summed E-state index contributed by atoms with van der Waals surface area (Å²) in [6.45, 7) is 0. The van der Waals surface area contributed by atoms with Gasteiger partial charge in [-0.3, -0.25) is 14.6 Å². The van der Waals surface area contributed by atoms with Crippen molar-refractivity contribution in [2.75, 3.05) is 6.26 Å². The summed E-state index contributed by atoms with van der Waals surface area (Å²) in [6, 6.07) is 19.4. The van der Waals surface area contributed by atoms with Crippen molar-refractivity contribution < 1.29 is 19.5 Å². The predicted molar refractivity (Wildman–Crippen MR) is 131 cm³/mol. The van der Waals surface area contributed by atoms with Gasteiger partial charge in [0.05, 0.1) is 5.37 Å². The van der Waals surface area contributed by atoms with Crippen molar-refractivity contribution >= 4 is 40.5 Å². The molecule has 0 aliphatic carbocycles. The molecule has 0 fully saturated rings. The summed E-state index contributed by atoms with van der Waals surface area (Å²) in [6.07, 6.45) is 4.57. The van der Waals surface area contributed by atoms with E-state index in [-0.39, 0.29) is 12.0 Å². The Morgan fingerprint density at radius 2 is 1.76 bits per heavy atom. The minimum atomic E-state index is -2.23. The maximum absolute atomic E-state index is 13.5. The average molecular weight is 482 g/mol. The van der Waals surface area contributed by atoms with E-state index < -0.39 is 27.9 Å². The van der Waals surface area contributed by atoms with Gasteiger partial charge in [0.2, 0.25) is 0 Å². The van der Waals surface area contributed by atoms with Crippen molar-refractivity contribution in [3.63, 3.8) is 0 Å². The summed E-state index contributed by atoms with van der Waals surface area (Å²) in [7, 11) is 0. The van der Waals surface area contributed by atoms with Crippen molar-refractivity contribution in [1.29, 1.82) is 0 Å². The van der Waals surface area contributed by atoms with Gasteiger partial charge in [0, 0.05) is 29.3 Å². The van der Waals surface area contributed by atoms with Crippen LogP contribution in [0.1, 0.15) is 16.8 Å². The smallest absolute Gasteiger partial charge is 0.331 e. The summed E-state index contributed by atoms with van der Waals surface area (Å²) in [4.78, 5) is 42.8. The highest BCUT2D eigenvalue weighted by molar-refractivity contribution is 8.13. The molecule has 170 valence electrons. The lowest BCUT2D eigenvalue weighted by Crippen LogP contribution is -2.58. The molecule has 0 saturated carbocycles. The van der Waals surface area contributed by atoms with Crippen molar-refractivity contribution in [2.24, 2.45) is 5.73 Å². The molecule has 2 aromatic carbocycles. The lowest BCUT2D eigenvalue weighted by molar-refractivity contribution is -0.141. The lowest BCUT2D eigenvalue weighted by atomic mass is 9.84. The third-order valence-electron chi connectivity index (χ3n) is 4.96. The Hall–Kier alpha value is -3.14. The minimum Gasteiger partial charge on any atom is -0.480 e. The second kappa shape index (κ2) is 11.1. The Morgan fingerprint density at radius 1 is 1.06 bits per heavy atom. The second-order valence-corrected chi connectivity index (χ2v) is 9.26. The highest BCUT2D eigenvalue weighted by Gasteiger charge is 2.45. The van der Waals surface area contributed by atoms with Crippen LogP contribution in [0.25, 0.3) is 11.1 Å². The van der Waals surface area contributed by atoms with E-state index in [4.69, 9.17) is 5.73 Å². The third-order valence-corrected chi connectivity index (χ3v) is 6.59. The summed E-state index contributed by atoms with van der Waals surface area (Å²) in [5.41, 5.74) is 5.59. The van der Waals surface area contributed by atoms with Crippen LogP contribution in [0.3, 0.4) is 0 Å². The number of aromatic nitrogens is 1. The lowest BCUT2D eigenvalue weighted by Gasteiger charge is -2.28. The normalized spacial score (nSPS) is 13.5. The monoisotopic (exact) mass is 481 g/mol. The summed E-state index contributed by atoms with van der Waals surface area (Å²) in [5, 5.41) is 11.6. The van der Waals surface area contributed by atoms with Gasteiger partial charge >= 0.3 is 5.97 Å². The van der Waals surface area contributed by atoms with Gasteiger partial charge in [0.15, 0.2) is 11.3 Å². The van der Waals surface area contributed by atoms with E-state index in [0.29, 0.717) is 10.5 Å². The van der Waals surface area contributed by atoms with Crippen molar-refractivity contribution in [2.45, 2.75) is 22.2 Å². The first-order valence-corrected chi connectivity index (χ1v) is 12.1. The zero-order valence-electron chi connectivity index (χ0n) is 17.8. The summed E-state index contributed by atoms with van der Waals surface area (Å²) >= 11 is 2.14. The first-order chi connectivity index (χ1) is 15.8. The molecule has 2 unspecified atom stereocenters. The molecule has 0 saturated heterocycles. The van der Waals surface area contributed by atoms with Crippen molar-refractivity contribution in [1.82, 2.24) is 10.3 Å². The Kier molecular flexibility index (Phi) is 8.26. The number of nitrogens with two attached hydrogens (primary N) is 1. The molecule has 1 heterocycles. The van der Waals surface area contributed by atoms with Gasteiger partial charge in [0.25, 0.3) is 5.24 Å². The molecule has 7 nitrogen and oxygen atoms in total. The number of thioether (sulfide) groups is 2. The summed E-state index contributed by atoms with van der Waals surface area (Å²) in [5.74, 6) is -2.17. The number of carbonyl (C=O) groups excluding carboxylic acids is 2. The number of Topliss-reactive ketones (excluding diaryl/α,β-unsaturated/α-hetero) is 1. The zero-order valence-corrected chi connectivity index (χ0v) is 19.4. The maximum Gasteiger partial charge on any atom is 0.331 e. The van der Waals surface area contributed by atoms with E-state index in [1.807, 2.05) is 30.3 Å². The average Bonchev–Trinajstić information content (AvgIpc) is 2.84. The number of pyridine rings is 1. The minimum absolute atomic E-state index is 0.213. The maximum atomic E-state index is 13.5. The van der Waals surface area contributed by atoms with Gasteiger partial charge in [-0.05, 0) is 41.3 Å². The molecule has 1 aromatic heterocycles. The number of carboxylic acid groups (broad SMARTS) is 1. The van der Waals surface area contributed by atoms with Crippen LogP contribution >= 0.6 is 23.5 Å². The molecular weight excluding hydrogens is 458 g/mol. The fourth-order valence-corrected chi connectivity index (χ4v) is 4.63. The molecule has 33 heavy (non-hydrogen) atoms. The first kappa shape index (κ1) is 24.5. The number of rotatable bonds is 9. The first-order valence-electron chi connectivity index (χ1n) is 9.98. The van der Waals surface area contributed by atoms with Gasteiger partial charge in [-0.2, -0.15) is 0 Å². The standard InChI is InChI=1S/C24H23N3O4S2/c1-32-20(27-23(31)33-17-10-7-13-26-15-17)14-24(25,22(29)30)21(28)19-12-6-5-11-18(19)16-8-3-2-4-9-16/h2-13,15,20H,14,25H2,1H3,(H,27,31)(H,29,30). The van der Waals surface area contributed by atoms with Gasteiger partial charge < -0.3 is 16.2 Å². The van der Waals surface area contributed by atoms with Gasteiger partial charge in [-0.15, -0.1) is 11.8 Å². The second-order valence-electron chi connectivity index (χ2n) is 7.17. The van der Waals surface area contributed by atoms with E-state index in [1.165, 1.54) is 11.8 Å². The van der Waals surface area contributed by atoms with Gasteiger partial charge in [-0.1, -0.05) is 54.6 Å². The number of ketones is 1. The third kappa shape index (κ3) is 6.01. The van der Waals surface area contributed by atoms with Gasteiger partial charge in [-0.25, -0.2) is 4.79 Å². The number of nitrogens with one attached hydrogen (secondary N) is 1. The zero-order chi connectivity index (χ0) is 23.8. The van der Waals surface area contributed by atoms with E-state index in [1.54, 1.807) is 55.0 Å². The number of nitrogens with zero attached hydrogens (tertiary/aromatic N) is 1. The Morgan fingerprint density at radius 3 is 2.39 bits per heavy atom. The molecule has 2 atom stereocenters.